The van der Waals surface area contributed by atoms with E-state index in [2.05, 4.69) is 53.2 Å². The van der Waals surface area contributed by atoms with Crippen LogP contribution in [0.2, 0.25) is 5.02 Å². The number of halogens is 1. The zero-order valence-electron chi connectivity index (χ0n) is 17.4. The first kappa shape index (κ1) is 24.9. The minimum absolute atomic E-state index is 0.558. The number of aliphatic carboxylic acids is 2. The molecular formula is C23H27ClN2O4S. The molecule has 0 aliphatic carbocycles. The largest absolute Gasteiger partial charge is 0.478 e. The maximum atomic E-state index is 9.55. The van der Waals surface area contributed by atoms with E-state index in [1.807, 2.05) is 23.9 Å². The van der Waals surface area contributed by atoms with E-state index in [4.69, 9.17) is 21.8 Å². The lowest BCUT2D eigenvalue weighted by atomic mass is 10.1. The fourth-order valence-corrected chi connectivity index (χ4v) is 4.03. The van der Waals surface area contributed by atoms with Crippen molar-refractivity contribution in [1.29, 1.82) is 0 Å². The second kappa shape index (κ2) is 13.2. The number of carboxylic acid groups (broad SMARTS) is 2. The Labute approximate surface area is 192 Å². The Bertz CT molecular complexity index is 865. The number of likely N-dealkylation sites (N-methyl/N-ethyl adjacent to an activating group) is 1. The van der Waals surface area contributed by atoms with Crippen molar-refractivity contribution in [3.05, 3.63) is 71.3 Å². The van der Waals surface area contributed by atoms with Gasteiger partial charge >= 0.3 is 11.9 Å². The van der Waals surface area contributed by atoms with Crippen LogP contribution in [0, 0.1) is 0 Å². The number of carboxylic acids is 2. The highest BCUT2D eigenvalue weighted by atomic mass is 35.5. The molecule has 2 aromatic rings. The lowest BCUT2D eigenvalue weighted by molar-refractivity contribution is -0.134. The van der Waals surface area contributed by atoms with E-state index in [0.717, 1.165) is 18.0 Å². The topological polar surface area (TPSA) is 81.1 Å². The second-order valence-corrected chi connectivity index (χ2v) is 8.62. The molecule has 1 aliphatic heterocycles. The zero-order chi connectivity index (χ0) is 22.6. The summed E-state index contributed by atoms with van der Waals surface area (Å²) in [5.41, 5.74) is 1.44. The minimum Gasteiger partial charge on any atom is -0.478 e. The van der Waals surface area contributed by atoms with E-state index in [1.54, 1.807) is 0 Å². The highest BCUT2D eigenvalue weighted by Gasteiger charge is 2.14. The molecule has 0 bridgehead atoms. The number of rotatable bonds is 7. The predicted octanol–water partition coefficient (Wildman–Crippen LogP) is 3.99. The average Bonchev–Trinajstić information content (AvgIpc) is 2.75. The van der Waals surface area contributed by atoms with Gasteiger partial charge in [-0.05, 0) is 49.4 Å². The van der Waals surface area contributed by atoms with Crippen molar-refractivity contribution in [3.63, 3.8) is 0 Å². The van der Waals surface area contributed by atoms with Crippen LogP contribution in [-0.2, 0) is 16.0 Å². The van der Waals surface area contributed by atoms with Crippen molar-refractivity contribution >= 4 is 35.3 Å². The van der Waals surface area contributed by atoms with Gasteiger partial charge in [0.2, 0.25) is 0 Å². The SMILES string of the molecule is CN1CCN(CCc2ccccc2Sc2ccc(Cl)cc2)CC1.O=C(O)C=CC(=O)O. The first-order valence-electron chi connectivity index (χ1n) is 9.89. The Hall–Kier alpha value is -2.32. The third kappa shape index (κ3) is 10.0. The molecule has 166 valence electrons. The molecule has 0 amide bonds. The van der Waals surface area contributed by atoms with E-state index in [9.17, 15) is 9.59 Å². The maximum absolute atomic E-state index is 9.55. The molecule has 1 heterocycles. The van der Waals surface area contributed by atoms with Crippen LogP contribution in [0.4, 0.5) is 0 Å². The number of hydrogen-bond acceptors (Lipinski definition) is 5. The molecule has 2 N–H and O–H groups in total. The summed E-state index contributed by atoms with van der Waals surface area (Å²) >= 11 is 7.80. The Balaban J connectivity index is 0.000000366. The van der Waals surface area contributed by atoms with Crippen LogP contribution in [0.3, 0.4) is 0 Å². The van der Waals surface area contributed by atoms with Gasteiger partial charge in [0, 0.05) is 59.7 Å². The third-order valence-corrected chi connectivity index (χ3v) is 6.05. The summed E-state index contributed by atoms with van der Waals surface area (Å²) in [6.07, 6.45) is 2.23. The van der Waals surface area contributed by atoms with Crippen LogP contribution >= 0.6 is 23.4 Å². The summed E-state index contributed by atoms with van der Waals surface area (Å²) in [5, 5.41) is 16.4. The summed E-state index contributed by atoms with van der Waals surface area (Å²) in [6.45, 7) is 5.88. The molecule has 0 spiro atoms. The lowest BCUT2D eigenvalue weighted by Gasteiger charge is -2.32. The molecule has 31 heavy (non-hydrogen) atoms. The predicted molar refractivity (Wildman–Crippen MR) is 124 cm³/mol. The Morgan fingerprint density at radius 3 is 2.13 bits per heavy atom. The van der Waals surface area contributed by atoms with E-state index in [1.165, 1.54) is 41.5 Å². The van der Waals surface area contributed by atoms with Gasteiger partial charge in [-0.15, -0.1) is 0 Å². The highest BCUT2D eigenvalue weighted by Crippen LogP contribution is 2.31. The molecule has 0 radical (unpaired) electrons. The maximum Gasteiger partial charge on any atom is 0.328 e. The molecule has 0 saturated carbocycles. The van der Waals surface area contributed by atoms with Gasteiger partial charge in [-0.1, -0.05) is 41.6 Å². The average molecular weight is 463 g/mol. The van der Waals surface area contributed by atoms with Gasteiger partial charge in [-0.2, -0.15) is 0 Å². The summed E-state index contributed by atoms with van der Waals surface area (Å²) < 4.78 is 0. The van der Waals surface area contributed by atoms with Gasteiger partial charge < -0.3 is 20.0 Å². The Morgan fingerprint density at radius 1 is 0.968 bits per heavy atom. The van der Waals surface area contributed by atoms with Crippen LogP contribution < -0.4 is 0 Å². The molecular weight excluding hydrogens is 436 g/mol. The van der Waals surface area contributed by atoms with Crippen molar-refractivity contribution in [3.8, 4) is 0 Å². The molecule has 1 saturated heterocycles. The fourth-order valence-electron chi connectivity index (χ4n) is 2.93. The number of benzene rings is 2. The standard InChI is InChI=1S/C19H23ClN2S.C4H4O4/c1-21-12-14-22(15-13-21)11-10-16-4-2-3-5-19(16)23-18-8-6-17(20)7-9-18;5-3(6)1-2-4(7)8/h2-9H,10-15H2,1H3;1-2H,(H,5,6)(H,7,8). The van der Waals surface area contributed by atoms with Crippen LogP contribution in [-0.4, -0.2) is 71.7 Å². The molecule has 3 rings (SSSR count). The lowest BCUT2D eigenvalue weighted by Crippen LogP contribution is -2.45. The zero-order valence-corrected chi connectivity index (χ0v) is 19.0. The van der Waals surface area contributed by atoms with E-state index < -0.39 is 11.9 Å². The van der Waals surface area contributed by atoms with Gasteiger partial charge in [0.15, 0.2) is 0 Å². The quantitative estimate of drug-likeness (QED) is 0.602. The van der Waals surface area contributed by atoms with Crippen molar-refractivity contribution in [2.24, 2.45) is 0 Å². The van der Waals surface area contributed by atoms with Gasteiger partial charge in [-0.25, -0.2) is 9.59 Å². The Kier molecular flexibility index (Phi) is 10.6. The molecule has 8 heteroatoms. The summed E-state index contributed by atoms with van der Waals surface area (Å²) in [6, 6.07) is 16.8. The van der Waals surface area contributed by atoms with Gasteiger partial charge in [0.1, 0.15) is 0 Å². The first-order chi connectivity index (χ1) is 14.8. The number of nitrogens with zero attached hydrogens (tertiary/aromatic N) is 2. The molecule has 0 unspecified atom stereocenters. The smallest absolute Gasteiger partial charge is 0.328 e. The highest BCUT2D eigenvalue weighted by molar-refractivity contribution is 7.99. The normalized spacial score (nSPS) is 14.8. The van der Waals surface area contributed by atoms with Crippen LogP contribution in [0.25, 0.3) is 0 Å². The summed E-state index contributed by atoms with van der Waals surface area (Å²) in [4.78, 5) is 26.7. The third-order valence-electron chi connectivity index (χ3n) is 4.68. The van der Waals surface area contributed by atoms with Crippen LogP contribution in [0.15, 0.2) is 70.5 Å². The van der Waals surface area contributed by atoms with Crippen molar-refractivity contribution in [2.75, 3.05) is 39.8 Å². The van der Waals surface area contributed by atoms with Gasteiger partial charge in [-0.3, -0.25) is 0 Å². The summed E-state index contributed by atoms with van der Waals surface area (Å²) in [7, 11) is 2.20. The monoisotopic (exact) mass is 462 g/mol. The Morgan fingerprint density at radius 2 is 1.55 bits per heavy atom. The van der Waals surface area contributed by atoms with Gasteiger partial charge in [0.25, 0.3) is 0 Å². The first-order valence-corrected chi connectivity index (χ1v) is 11.1. The molecule has 6 nitrogen and oxygen atoms in total. The van der Waals surface area contributed by atoms with Gasteiger partial charge in [0.05, 0.1) is 0 Å². The second-order valence-electron chi connectivity index (χ2n) is 7.07. The summed E-state index contributed by atoms with van der Waals surface area (Å²) in [5.74, 6) is -2.51. The molecule has 2 aromatic carbocycles. The molecule has 0 atom stereocenters. The molecule has 1 fully saturated rings. The fraction of sp³-hybridized carbons (Fsp3) is 0.304. The van der Waals surface area contributed by atoms with Crippen LogP contribution in [0.1, 0.15) is 5.56 Å². The molecule has 0 aromatic heterocycles. The van der Waals surface area contributed by atoms with E-state index >= 15 is 0 Å². The minimum atomic E-state index is -1.26. The van der Waals surface area contributed by atoms with Crippen LogP contribution in [0.5, 0.6) is 0 Å². The van der Waals surface area contributed by atoms with E-state index in [0.29, 0.717) is 12.2 Å². The van der Waals surface area contributed by atoms with Crippen molar-refractivity contribution in [1.82, 2.24) is 9.80 Å². The number of piperazine rings is 1. The number of hydrogen-bond donors (Lipinski definition) is 2. The van der Waals surface area contributed by atoms with E-state index in [-0.39, 0.29) is 0 Å². The molecule has 1 aliphatic rings. The number of carbonyl (C=O) groups is 2. The van der Waals surface area contributed by atoms with Crippen molar-refractivity contribution in [2.45, 2.75) is 16.2 Å². The van der Waals surface area contributed by atoms with Crippen molar-refractivity contribution < 1.29 is 19.8 Å².